The third-order valence-electron chi connectivity index (χ3n) is 10.8. The smallest absolute Gasteiger partial charge is 0.319 e. The molecular weight excluding hydrogens is 716 g/mol. The maximum Gasteiger partial charge on any atom is 0.319 e. The molecule has 8 rings (SSSR count). The Morgan fingerprint density at radius 3 is 2.70 bits per heavy atom. The molecule has 1 atom stereocenters. The lowest BCUT2D eigenvalue weighted by molar-refractivity contribution is -0.128. The number of anilines is 1. The number of fused-ring (bicyclic) bond motifs is 3. The van der Waals surface area contributed by atoms with Gasteiger partial charge >= 0.3 is 6.01 Å². The number of pyridine rings is 1. The molecule has 0 aliphatic carbocycles. The number of carbonyl (C=O) groups excluding carboxylic acids is 1. The van der Waals surface area contributed by atoms with Gasteiger partial charge in [-0.3, -0.25) is 14.7 Å². The number of hydrogen-bond acceptors (Lipinski definition) is 11. The van der Waals surface area contributed by atoms with Crippen molar-refractivity contribution >= 4 is 51.1 Å². The third-order valence-corrected chi connectivity index (χ3v) is 11.2. The minimum atomic E-state index is -0.732. The molecule has 3 fully saturated rings. The molecule has 0 N–H and O–H groups in total. The van der Waals surface area contributed by atoms with E-state index < -0.39 is 17.7 Å². The summed E-state index contributed by atoms with van der Waals surface area (Å²) in [6.45, 7) is 7.08. The highest BCUT2D eigenvalue weighted by atomic mass is 35.5. The van der Waals surface area contributed by atoms with Crippen LogP contribution in [0.3, 0.4) is 0 Å². The van der Waals surface area contributed by atoms with Gasteiger partial charge in [-0.2, -0.15) is 20.2 Å². The molecular formula is C39H38ClF2N9O3. The minimum absolute atomic E-state index is 0.0160. The average Bonchev–Trinajstić information content (AvgIpc) is 3.92. The number of aromatic nitrogens is 5. The molecule has 15 heteroatoms. The van der Waals surface area contributed by atoms with Gasteiger partial charge in [0.1, 0.15) is 29.5 Å². The molecule has 12 nitrogen and oxygen atoms in total. The van der Waals surface area contributed by atoms with Gasteiger partial charge in [0.25, 0.3) is 5.89 Å². The van der Waals surface area contributed by atoms with E-state index in [1.807, 2.05) is 18.7 Å². The first-order chi connectivity index (χ1) is 26.2. The van der Waals surface area contributed by atoms with Crippen LogP contribution in [0, 0.1) is 23.0 Å². The van der Waals surface area contributed by atoms with E-state index in [-0.39, 0.29) is 65.0 Å². The van der Waals surface area contributed by atoms with E-state index in [0.717, 1.165) is 38.8 Å². The van der Waals surface area contributed by atoms with Gasteiger partial charge in [0.15, 0.2) is 11.6 Å². The lowest BCUT2D eigenvalue weighted by Gasteiger charge is -2.41. The second-order valence-corrected chi connectivity index (χ2v) is 14.8. The maximum absolute atomic E-state index is 16.9. The van der Waals surface area contributed by atoms with Crippen molar-refractivity contribution in [2.24, 2.45) is 0 Å². The molecule has 0 saturated carbocycles. The summed E-state index contributed by atoms with van der Waals surface area (Å²) in [6.07, 6.45) is 8.55. The summed E-state index contributed by atoms with van der Waals surface area (Å²) in [4.78, 5) is 37.8. The molecule has 3 aromatic heterocycles. The molecule has 6 heterocycles. The summed E-state index contributed by atoms with van der Waals surface area (Å²) in [6, 6.07) is 9.73. The zero-order valence-corrected chi connectivity index (χ0v) is 30.7. The van der Waals surface area contributed by atoms with Crippen LogP contribution in [-0.2, 0) is 4.79 Å². The molecule has 0 bridgehead atoms. The molecule has 54 heavy (non-hydrogen) atoms. The summed E-state index contributed by atoms with van der Waals surface area (Å²) in [5, 5.41) is 14.9. The summed E-state index contributed by atoms with van der Waals surface area (Å²) in [5.41, 5.74) is 0.147. The van der Waals surface area contributed by atoms with Gasteiger partial charge in [-0.25, -0.2) is 8.78 Å². The number of rotatable bonds is 9. The van der Waals surface area contributed by atoms with E-state index in [4.69, 9.17) is 25.8 Å². The Kier molecular flexibility index (Phi) is 9.62. The average molecular weight is 754 g/mol. The van der Waals surface area contributed by atoms with Gasteiger partial charge in [-0.1, -0.05) is 54.9 Å². The number of nitrogens with zero attached hydrogens (tertiary/aromatic N) is 9. The second-order valence-electron chi connectivity index (χ2n) is 14.5. The van der Waals surface area contributed by atoms with Crippen molar-refractivity contribution in [3.8, 4) is 23.3 Å². The molecule has 0 radical (unpaired) electrons. The van der Waals surface area contributed by atoms with Gasteiger partial charge in [-0.15, -0.1) is 0 Å². The number of piperazine rings is 1. The molecule has 3 saturated heterocycles. The fourth-order valence-corrected chi connectivity index (χ4v) is 8.36. The van der Waals surface area contributed by atoms with Crippen LogP contribution in [0.4, 0.5) is 14.6 Å². The molecule has 3 aliphatic heterocycles. The molecule has 1 amide bonds. The van der Waals surface area contributed by atoms with Crippen LogP contribution in [0.2, 0.25) is 5.02 Å². The van der Waals surface area contributed by atoms with Gasteiger partial charge in [0, 0.05) is 54.9 Å². The second kappa shape index (κ2) is 14.5. The molecule has 3 aliphatic rings. The zero-order chi connectivity index (χ0) is 37.6. The lowest BCUT2D eigenvalue weighted by atomic mass is 9.95. The monoisotopic (exact) mass is 753 g/mol. The predicted molar refractivity (Wildman–Crippen MR) is 199 cm³/mol. The van der Waals surface area contributed by atoms with Crippen molar-refractivity contribution in [3.63, 3.8) is 0 Å². The number of amides is 1. The van der Waals surface area contributed by atoms with Crippen LogP contribution >= 0.6 is 11.6 Å². The SMILES string of the molecule is CC(C)c1noc(/C=C/C(=O)N2CCN(c3nc(OCC45CCCN4CCC5)nc4c(F)c(-c5cccc6ccc(F)c(Cl)c56)ncc34)C[C@@H]2CC#N)n1. The minimum Gasteiger partial charge on any atom is -0.461 e. The maximum atomic E-state index is 16.9. The molecule has 0 spiro atoms. The standard InChI is InChI=1S/C39H38ClF2N9O3/c1-23(2)36-45-29(54-48-36)10-11-30(52)51-19-18-49(21-25(51)12-15-43)37-27-20-44-34(26-7-3-6-24-8-9-28(41)32(40)31(24)26)33(42)35(27)46-38(47-37)53-22-39-13-4-16-50(39)17-5-14-39/h3,6-11,20,23,25H,4-5,12-14,16-19,21-22H2,1-2H3/b11-10+/t25-/m0/s1. The summed E-state index contributed by atoms with van der Waals surface area (Å²) < 4.78 is 43.2. The van der Waals surface area contributed by atoms with Crippen LogP contribution < -0.4 is 9.64 Å². The Morgan fingerprint density at radius 2 is 1.94 bits per heavy atom. The highest BCUT2D eigenvalue weighted by molar-refractivity contribution is 6.36. The lowest BCUT2D eigenvalue weighted by Crippen LogP contribution is -2.55. The third kappa shape index (κ3) is 6.49. The highest BCUT2D eigenvalue weighted by Crippen LogP contribution is 2.41. The fraction of sp³-hybridized carbons (Fsp3) is 0.410. The first-order valence-electron chi connectivity index (χ1n) is 18.2. The number of nitriles is 1. The number of carbonyl (C=O) groups is 1. The predicted octanol–water partition coefficient (Wildman–Crippen LogP) is 6.93. The molecule has 0 unspecified atom stereocenters. The van der Waals surface area contributed by atoms with Crippen molar-refractivity contribution in [1.29, 1.82) is 5.26 Å². The van der Waals surface area contributed by atoms with Crippen LogP contribution in [0.15, 0.2) is 47.1 Å². The molecule has 5 aromatic rings. The Bertz CT molecular complexity index is 2320. The Balaban J connectivity index is 1.16. The largest absolute Gasteiger partial charge is 0.461 e. The zero-order valence-electron chi connectivity index (χ0n) is 29.9. The van der Waals surface area contributed by atoms with Gasteiger partial charge in [0.2, 0.25) is 5.91 Å². The Hall–Kier alpha value is -5.26. The Morgan fingerprint density at radius 1 is 1.13 bits per heavy atom. The van der Waals surface area contributed by atoms with E-state index >= 15 is 4.39 Å². The van der Waals surface area contributed by atoms with Crippen LogP contribution in [0.25, 0.3) is 39.0 Å². The van der Waals surface area contributed by atoms with Crippen LogP contribution in [0.1, 0.15) is 63.6 Å². The van der Waals surface area contributed by atoms with Crippen molar-refractivity contribution in [3.05, 3.63) is 71.0 Å². The van der Waals surface area contributed by atoms with Crippen molar-refractivity contribution in [2.75, 3.05) is 44.2 Å². The van der Waals surface area contributed by atoms with Crippen LogP contribution in [-0.4, -0.2) is 91.7 Å². The summed E-state index contributed by atoms with van der Waals surface area (Å²) in [5.74, 6) is -0.473. The molecule has 2 aromatic carbocycles. The van der Waals surface area contributed by atoms with Crippen molar-refractivity contribution in [1.82, 2.24) is 34.9 Å². The highest BCUT2D eigenvalue weighted by Gasteiger charge is 2.45. The van der Waals surface area contributed by atoms with E-state index in [1.165, 1.54) is 24.4 Å². The summed E-state index contributed by atoms with van der Waals surface area (Å²) >= 11 is 6.44. The quantitative estimate of drug-likeness (QED) is 0.145. The fourth-order valence-electron chi connectivity index (χ4n) is 8.09. The molecule has 278 valence electrons. The topological polar surface area (TPSA) is 137 Å². The number of halogens is 3. The van der Waals surface area contributed by atoms with Crippen LogP contribution in [0.5, 0.6) is 6.01 Å². The first-order valence-corrected chi connectivity index (χ1v) is 18.6. The summed E-state index contributed by atoms with van der Waals surface area (Å²) in [7, 11) is 0. The van der Waals surface area contributed by atoms with E-state index in [1.54, 1.807) is 29.2 Å². The first kappa shape index (κ1) is 35.8. The number of benzene rings is 2. The van der Waals surface area contributed by atoms with Gasteiger partial charge in [-0.05, 0) is 50.2 Å². The number of ether oxygens (including phenoxy) is 1. The normalized spacial score (nSPS) is 18.6. The van der Waals surface area contributed by atoms with E-state index in [9.17, 15) is 14.4 Å². The van der Waals surface area contributed by atoms with Crippen molar-refractivity contribution < 1.29 is 22.8 Å². The number of hydrogen-bond donors (Lipinski definition) is 0. The van der Waals surface area contributed by atoms with Crippen molar-refractivity contribution in [2.45, 2.75) is 63.5 Å². The Labute approximate surface area is 315 Å². The van der Waals surface area contributed by atoms with E-state index in [0.29, 0.717) is 46.5 Å². The van der Waals surface area contributed by atoms with E-state index in [2.05, 4.69) is 31.1 Å². The van der Waals surface area contributed by atoms with Gasteiger partial charge < -0.3 is 19.1 Å². The van der Waals surface area contributed by atoms with Gasteiger partial charge in [0.05, 0.1) is 34.5 Å².